The number of nitrogens with zero attached hydrogens (tertiary/aromatic N) is 2. The summed E-state index contributed by atoms with van der Waals surface area (Å²) in [6.45, 7) is 2.07. The molecule has 0 aliphatic rings. The number of hydrogen-bond donors (Lipinski definition) is 1. The van der Waals surface area contributed by atoms with Crippen molar-refractivity contribution in [1.82, 2.24) is 9.97 Å². The first-order valence-electron chi connectivity index (χ1n) is 10.2. The van der Waals surface area contributed by atoms with Gasteiger partial charge in [-0.1, -0.05) is 31.2 Å². The zero-order valence-electron chi connectivity index (χ0n) is 18.3. The Hall–Kier alpha value is -3.23. The second kappa shape index (κ2) is 8.72. The molecule has 32 heavy (non-hydrogen) atoms. The van der Waals surface area contributed by atoms with Gasteiger partial charge < -0.3 is 9.47 Å². The maximum Gasteiger partial charge on any atom is 0.213 e. The van der Waals surface area contributed by atoms with Gasteiger partial charge in [-0.25, -0.2) is 13.6 Å². The topological polar surface area (TPSA) is 104 Å². The van der Waals surface area contributed by atoms with Gasteiger partial charge in [0.2, 0.25) is 10.0 Å². The summed E-state index contributed by atoms with van der Waals surface area (Å²) >= 11 is 0. The molecule has 0 radical (unpaired) electrons. The van der Waals surface area contributed by atoms with Crippen LogP contribution in [0.15, 0.2) is 48.7 Å². The Kier molecular flexibility index (Phi) is 5.99. The minimum absolute atomic E-state index is 0.256. The second-order valence-corrected chi connectivity index (χ2v) is 9.23. The Bertz CT molecular complexity index is 1420. The number of primary sulfonamides is 1. The van der Waals surface area contributed by atoms with Crippen LogP contribution in [0, 0.1) is 0 Å². The molecule has 4 aromatic rings. The maximum absolute atomic E-state index is 11.7. The quantitative estimate of drug-likeness (QED) is 0.459. The number of para-hydroxylation sites is 1. The molecule has 0 atom stereocenters. The van der Waals surface area contributed by atoms with Gasteiger partial charge in [0.05, 0.1) is 25.5 Å². The lowest BCUT2D eigenvalue weighted by atomic mass is 9.99. The van der Waals surface area contributed by atoms with Crippen molar-refractivity contribution in [3.05, 3.63) is 71.2 Å². The highest BCUT2D eigenvalue weighted by atomic mass is 32.2. The number of fused-ring (bicyclic) bond motifs is 2. The monoisotopic (exact) mass is 451 g/mol. The van der Waals surface area contributed by atoms with Crippen LogP contribution >= 0.6 is 0 Å². The summed E-state index contributed by atoms with van der Waals surface area (Å²) in [6, 6.07) is 13.3. The van der Waals surface area contributed by atoms with Crippen molar-refractivity contribution in [2.45, 2.75) is 25.5 Å². The molecule has 0 unspecified atom stereocenters. The van der Waals surface area contributed by atoms with Gasteiger partial charge in [0, 0.05) is 34.8 Å². The van der Waals surface area contributed by atoms with Crippen LogP contribution in [0.25, 0.3) is 21.7 Å². The largest absolute Gasteiger partial charge is 0.493 e. The first-order valence-corrected chi connectivity index (χ1v) is 11.9. The van der Waals surface area contributed by atoms with Crippen molar-refractivity contribution in [1.29, 1.82) is 0 Å². The van der Waals surface area contributed by atoms with Crippen LogP contribution in [-0.2, 0) is 28.6 Å². The molecule has 0 saturated heterocycles. The van der Waals surface area contributed by atoms with Crippen LogP contribution < -0.4 is 14.6 Å². The van der Waals surface area contributed by atoms with E-state index < -0.39 is 10.0 Å². The number of pyridine rings is 2. The lowest BCUT2D eigenvalue weighted by Gasteiger charge is -2.14. The summed E-state index contributed by atoms with van der Waals surface area (Å²) in [5.74, 6) is 1.05. The Labute approximate surface area is 187 Å². The van der Waals surface area contributed by atoms with Gasteiger partial charge in [0.15, 0.2) is 11.5 Å². The molecule has 0 fully saturated rings. The summed E-state index contributed by atoms with van der Waals surface area (Å²) in [5, 5.41) is 8.18. The number of aromatic nitrogens is 2. The Morgan fingerprint density at radius 3 is 2.34 bits per heavy atom. The maximum atomic E-state index is 11.7. The molecule has 0 aliphatic heterocycles. The number of benzene rings is 2. The molecular formula is C24H25N3O4S. The van der Waals surface area contributed by atoms with Crippen LogP contribution in [0.3, 0.4) is 0 Å². The Morgan fingerprint density at radius 2 is 1.69 bits per heavy atom. The van der Waals surface area contributed by atoms with E-state index in [9.17, 15) is 8.42 Å². The fourth-order valence-electron chi connectivity index (χ4n) is 3.98. The number of sulfonamides is 1. The molecule has 2 heterocycles. The van der Waals surface area contributed by atoms with Crippen molar-refractivity contribution >= 4 is 31.7 Å². The normalized spacial score (nSPS) is 11.8. The van der Waals surface area contributed by atoms with Crippen molar-refractivity contribution in [2.24, 2.45) is 5.14 Å². The van der Waals surface area contributed by atoms with Crippen molar-refractivity contribution < 1.29 is 17.9 Å². The average Bonchev–Trinajstić information content (AvgIpc) is 2.77. The molecule has 0 spiro atoms. The number of methoxy groups -OCH3 is 2. The summed E-state index contributed by atoms with van der Waals surface area (Å²) in [5.41, 5.74) is 4.00. The minimum atomic E-state index is -3.67. The highest BCUT2D eigenvalue weighted by molar-refractivity contribution is 7.88. The van der Waals surface area contributed by atoms with E-state index in [1.807, 2.05) is 42.6 Å². The third kappa shape index (κ3) is 4.37. The molecule has 2 N–H and O–H groups in total. The molecular weight excluding hydrogens is 426 g/mol. The predicted octanol–water partition coefficient (Wildman–Crippen LogP) is 3.74. The predicted molar refractivity (Wildman–Crippen MR) is 126 cm³/mol. The van der Waals surface area contributed by atoms with E-state index in [1.165, 1.54) is 0 Å². The van der Waals surface area contributed by atoms with Gasteiger partial charge in [0.1, 0.15) is 0 Å². The van der Waals surface area contributed by atoms with Crippen molar-refractivity contribution in [2.75, 3.05) is 14.2 Å². The van der Waals surface area contributed by atoms with Gasteiger partial charge in [0.25, 0.3) is 0 Å². The number of nitrogens with two attached hydrogens (primary N) is 1. The third-order valence-corrected chi connectivity index (χ3v) is 6.19. The van der Waals surface area contributed by atoms with Crippen LogP contribution in [0.5, 0.6) is 11.5 Å². The molecule has 2 aromatic heterocycles. The van der Waals surface area contributed by atoms with E-state index >= 15 is 0 Å². The molecule has 166 valence electrons. The van der Waals surface area contributed by atoms with E-state index in [0.717, 1.165) is 39.5 Å². The molecule has 0 aliphatic carbocycles. The van der Waals surface area contributed by atoms with Crippen LogP contribution in [-0.4, -0.2) is 32.6 Å². The number of hydrogen-bond acceptors (Lipinski definition) is 6. The molecule has 7 nitrogen and oxygen atoms in total. The lowest BCUT2D eigenvalue weighted by molar-refractivity contribution is 0.356. The van der Waals surface area contributed by atoms with Crippen molar-refractivity contribution in [3.63, 3.8) is 0 Å². The first kappa shape index (κ1) is 22.0. The second-order valence-electron chi connectivity index (χ2n) is 7.61. The summed E-state index contributed by atoms with van der Waals surface area (Å²) in [4.78, 5) is 9.44. The molecule has 8 heteroatoms. The highest BCUT2D eigenvalue weighted by Gasteiger charge is 2.15. The molecule has 2 aromatic carbocycles. The van der Waals surface area contributed by atoms with Gasteiger partial charge in [-0.2, -0.15) is 0 Å². The van der Waals surface area contributed by atoms with Crippen LogP contribution in [0.4, 0.5) is 0 Å². The molecule has 0 amide bonds. The highest BCUT2D eigenvalue weighted by Crippen LogP contribution is 2.35. The Balaban J connectivity index is 1.83. The van der Waals surface area contributed by atoms with E-state index in [0.29, 0.717) is 29.0 Å². The summed E-state index contributed by atoms with van der Waals surface area (Å²) < 4.78 is 34.3. The average molecular weight is 452 g/mol. The van der Waals surface area contributed by atoms with E-state index in [4.69, 9.17) is 19.6 Å². The fraction of sp³-hybridized carbons (Fsp3) is 0.250. The lowest BCUT2D eigenvalue weighted by Crippen LogP contribution is -2.15. The molecule has 4 rings (SSSR count). The molecule has 0 saturated carbocycles. The third-order valence-electron chi connectivity index (χ3n) is 5.48. The number of aryl methyl sites for hydroxylation is 1. The van der Waals surface area contributed by atoms with E-state index in [2.05, 4.69) is 11.9 Å². The smallest absolute Gasteiger partial charge is 0.213 e. The molecule has 0 bridgehead atoms. The van der Waals surface area contributed by atoms with Crippen molar-refractivity contribution in [3.8, 4) is 11.5 Å². The van der Waals surface area contributed by atoms with Gasteiger partial charge in [-0.3, -0.25) is 9.97 Å². The summed E-state index contributed by atoms with van der Waals surface area (Å²) in [7, 11) is -0.437. The minimum Gasteiger partial charge on any atom is -0.493 e. The zero-order chi connectivity index (χ0) is 22.9. The van der Waals surface area contributed by atoms with E-state index in [-0.39, 0.29) is 5.75 Å². The van der Waals surface area contributed by atoms with Crippen LogP contribution in [0.2, 0.25) is 0 Å². The number of ether oxygens (including phenoxy) is 2. The van der Waals surface area contributed by atoms with E-state index in [1.54, 1.807) is 20.3 Å². The first-order chi connectivity index (χ1) is 15.3. The van der Waals surface area contributed by atoms with Gasteiger partial charge in [-0.15, -0.1) is 0 Å². The van der Waals surface area contributed by atoms with Gasteiger partial charge >= 0.3 is 0 Å². The Morgan fingerprint density at radius 1 is 0.969 bits per heavy atom. The van der Waals surface area contributed by atoms with Gasteiger partial charge in [-0.05, 0) is 41.1 Å². The number of rotatable bonds is 7. The van der Waals surface area contributed by atoms with Crippen LogP contribution in [0.1, 0.15) is 29.4 Å². The standard InChI is InChI=1S/C24H25N3O4S/c1-4-21-20-12-23(31-3)22(30-2)11-19(20)17(13-26-21)10-18-9-8-15-6-5-7-16(24(15)27-18)14-32(25,28)29/h5-9,11-13H,4,10,14H2,1-3H3,(H2,25,28,29). The zero-order valence-corrected chi connectivity index (χ0v) is 19.1. The fourth-order valence-corrected chi connectivity index (χ4v) is 4.64. The summed E-state index contributed by atoms with van der Waals surface area (Å²) in [6.07, 6.45) is 3.19. The SMILES string of the molecule is CCc1ncc(Cc2ccc3cccc(CS(N)(=O)=O)c3n2)c2cc(OC)c(OC)cc12.